The highest BCUT2D eigenvalue weighted by atomic mass is 32.1. The minimum absolute atomic E-state index is 0.152. The number of methoxy groups -OCH3 is 1. The summed E-state index contributed by atoms with van der Waals surface area (Å²) in [7, 11) is 1.46. The number of carbonyl (C=O) groups excluding carboxylic acids is 1. The zero-order chi connectivity index (χ0) is 12.3. The standard InChI is InChI=1S/C13H19NO2S/c1-13(12(15)16-2,8-10-5-6-10)14-9-11-4-3-7-17-11/h3-4,7,10,14H,5-6,8-9H2,1-2H3. The molecule has 0 bridgehead atoms. The lowest BCUT2D eigenvalue weighted by Crippen LogP contribution is -2.50. The Labute approximate surface area is 106 Å². The van der Waals surface area contributed by atoms with Gasteiger partial charge in [0, 0.05) is 11.4 Å². The van der Waals surface area contributed by atoms with Crippen molar-refractivity contribution in [3.8, 4) is 0 Å². The summed E-state index contributed by atoms with van der Waals surface area (Å²) in [5.41, 5.74) is -0.542. The molecule has 0 aromatic carbocycles. The molecule has 0 saturated heterocycles. The minimum Gasteiger partial charge on any atom is -0.468 e. The van der Waals surface area contributed by atoms with Crippen molar-refractivity contribution in [3.05, 3.63) is 22.4 Å². The molecule has 1 N–H and O–H groups in total. The molecule has 1 atom stereocenters. The van der Waals surface area contributed by atoms with Gasteiger partial charge in [-0.2, -0.15) is 0 Å². The van der Waals surface area contributed by atoms with Crippen LogP contribution in [0.1, 0.15) is 31.1 Å². The van der Waals surface area contributed by atoms with Gasteiger partial charge in [-0.3, -0.25) is 10.1 Å². The van der Waals surface area contributed by atoms with Crippen LogP contribution >= 0.6 is 11.3 Å². The number of carbonyl (C=O) groups is 1. The highest BCUT2D eigenvalue weighted by molar-refractivity contribution is 7.09. The monoisotopic (exact) mass is 253 g/mol. The molecule has 1 aliphatic rings. The second kappa shape index (κ2) is 5.19. The van der Waals surface area contributed by atoms with Crippen molar-refractivity contribution < 1.29 is 9.53 Å². The van der Waals surface area contributed by atoms with E-state index in [1.54, 1.807) is 11.3 Å². The molecule has 1 heterocycles. The molecule has 1 aliphatic carbocycles. The zero-order valence-corrected chi connectivity index (χ0v) is 11.2. The second-order valence-electron chi connectivity index (χ2n) is 4.90. The molecule has 17 heavy (non-hydrogen) atoms. The van der Waals surface area contributed by atoms with E-state index in [4.69, 9.17) is 4.74 Å². The van der Waals surface area contributed by atoms with Gasteiger partial charge >= 0.3 is 5.97 Å². The Morgan fingerprint density at radius 2 is 2.41 bits per heavy atom. The predicted molar refractivity (Wildman–Crippen MR) is 68.9 cm³/mol. The molecule has 3 nitrogen and oxygen atoms in total. The van der Waals surface area contributed by atoms with Crippen molar-refractivity contribution >= 4 is 17.3 Å². The summed E-state index contributed by atoms with van der Waals surface area (Å²) < 4.78 is 4.92. The van der Waals surface area contributed by atoms with Crippen molar-refractivity contribution in [2.45, 2.75) is 38.3 Å². The van der Waals surface area contributed by atoms with Crippen LogP contribution in [0, 0.1) is 5.92 Å². The van der Waals surface area contributed by atoms with Crippen LogP contribution in [0.5, 0.6) is 0 Å². The summed E-state index contributed by atoms with van der Waals surface area (Å²) in [4.78, 5) is 13.1. The quantitative estimate of drug-likeness (QED) is 0.792. The van der Waals surface area contributed by atoms with E-state index in [2.05, 4.69) is 11.4 Å². The van der Waals surface area contributed by atoms with E-state index in [-0.39, 0.29) is 5.97 Å². The first-order chi connectivity index (χ1) is 8.14. The fraction of sp³-hybridized carbons (Fsp3) is 0.615. The van der Waals surface area contributed by atoms with Crippen LogP contribution in [0.3, 0.4) is 0 Å². The first kappa shape index (κ1) is 12.6. The number of thiophene rings is 1. The molecule has 1 saturated carbocycles. The zero-order valence-electron chi connectivity index (χ0n) is 10.4. The van der Waals surface area contributed by atoms with Crippen molar-refractivity contribution in [1.29, 1.82) is 0 Å². The Kier molecular flexibility index (Phi) is 3.84. The topological polar surface area (TPSA) is 38.3 Å². The number of hydrogen-bond donors (Lipinski definition) is 1. The third-order valence-electron chi connectivity index (χ3n) is 3.26. The van der Waals surface area contributed by atoms with Crippen molar-refractivity contribution in [3.63, 3.8) is 0 Å². The average molecular weight is 253 g/mol. The number of rotatable bonds is 6. The van der Waals surface area contributed by atoms with Crippen molar-refractivity contribution in [1.82, 2.24) is 5.32 Å². The maximum atomic E-state index is 11.9. The van der Waals surface area contributed by atoms with Gasteiger partial charge < -0.3 is 4.74 Å². The van der Waals surface area contributed by atoms with Gasteiger partial charge in [-0.05, 0) is 30.7 Å². The molecule has 0 aliphatic heterocycles. The van der Waals surface area contributed by atoms with Crippen LogP contribution in [0.4, 0.5) is 0 Å². The van der Waals surface area contributed by atoms with E-state index < -0.39 is 5.54 Å². The Hall–Kier alpha value is -0.870. The summed E-state index contributed by atoms with van der Waals surface area (Å²) in [6.07, 6.45) is 3.37. The van der Waals surface area contributed by atoms with Gasteiger partial charge in [-0.15, -0.1) is 11.3 Å². The van der Waals surface area contributed by atoms with Crippen LogP contribution in [0.15, 0.2) is 17.5 Å². The Bertz CT molecular complexity index is 373. The van der Waals surface area contributed by atoms with Gasteiger partial charge in [0.2, 0.25) is 0 Å². The molecule has 94 valence electrons. The first-order valence-corrected chi connectivity index (χ1v) is 6.88. The van der Waals surface area contributed by atoms with Crippen LogP contribution in [-0.4, -0.2) is 18.6 Å². The van der Waals surface area contributed by atoms with Crippen LogP contribution in [0.25, 0.3) is 0 Å². The van der Waals surface area contributed by atoms with Crippen LogP contribution in [0.2, 0.25) is 0 Å². The summed E-state index contributed by atoms with van der Waals surface area (Å²) in [5, 5.41) is 5.41. The maximum absolute atomic E-state index is 11.9. The van der Waals surface area contributed by atoms with E-state index >= 15 is 0 Å². The molecule has 4 heteroatoms. The molecule has 1 aromatic rings. The Morgan fingerprint density at radius 1 is 1.65 bits per heavy atom. The van der Waals surface area contributed by atoms with Gasteiger partial charge in [-0.25, -0.2) is 0 Å². The number of esters is 1. The van der Waals surface area contributed by atoms with Gasteiger partial charge in [0.1, 0.15) is 5.54 Å². The number of nitrogens with one attached hydrogen (secondary N) is 1. The third kappa shape index (κ3) is 3.30. The normalized spacial score (nSPS) is 18.7. The smallest absolute Gasteiger partial charge is 0.325 e. The number of hydrogen-bond acceptors (Lipinski definition) is 4. The lowest BCUT2D eigenvalue weighted by atomic mass is 9.94. The third-order valence-corrected chi connectivity index (χ3v) is 4.14. The average Bonchev–Trinajstić information content (AvgIpc) is 2.97. The summed E-state index contributed by atoms with van der Waals surface area (Å²) in [6, 6.07) is 4.10. The van der Waals surface area contributed by atoms with E-state index in [0.717, 1.165) is 13.0 Å². The van der Waals surface area contributed by atoms with Gasteiger partial charge in [-0.1, -0.05) is 18.9 Å². The van der Waals surface area contributed by atoms with Gasteiger partial charge in [0.15, 0.2) is 0 Å². The van der Waals surface area contributed by atoms with Gasteiger partial charge in [0.05, 0.1) is 7.11 Å². The number of ether oxygens (including phenoxy) is 1. The highest BCUT2D eigenvalue weighted by Gasteiger charge is 2.39. The molecule has 2 rings (SSSR count). The predicted octanol–water partition coefficient (Wildman–Crippen LogP) is 2.57. The Balaban J connectivity index is 1.96. The molecule has 0 radical (unpaired) electrons. The Morgan fingerprint density at radius 3 is 2.94 bits per heavy atom. The molecular weight excluding hydrogens is 234 g/mol. The minimum atomic E-state index is -0.542. The molecule has 1 aromatic heterocycles. The molecule has 1 fully saturated rings. The van der Waals surface area contributed by atoms with E-state index in [9.17, 15) is 4.79 Å². The highest BCUT2D eigenvalue weighted by Crippen LogP contribution is 2.37. The van der Waals surface area contributed by atoms with Crippen molar-refractivity contribution in [2.75, 3.05) is 7.11 Å². The molecule has 0 amide bonds. The SMILES string of the molecule is COC(=O)C(C)(CC1CC1)NCc1cccs1. The van der Waals surface area contributed by atoms with Crippen LogP contribution in [-0.2, 0) is 16.1 Å². The van der Waals surface area contributed by atoms with Crippen molar-refractivity contribution in [2.24, 2.45) is 5.92 Å². The second-order valence-corrected chi connectivity index (χ2v) is 5.94. The lowest BCUT2D eigenvalue weighted by Gasteiger charge is -2.28. The summed E-state index contributed by atoms with van der Waals surface area (Å²) in [6.45, 7) is 2.68. The van der Waals surface area contributed by atoms with E-state index in [1.807, 2.05) is 18.4 Å². The van der Waals surface area contributed by atoms with Gasteiger partial charge in [0.25, 0.3) is 0 Å². The molecule has 1 unspecified atom stereocenters. The fourth-order valence-corrected chi connectivity index (χ4v) is 2.69. The summed E-state index contributed by atoms with van der Waals surface area (Å²) in [5.74, 6) is 0.538. The molecular formula is C13H19NO2S. The largest absolute Gasteiger partial charge is 0.468 e. The summed E-state index contributed by atoms with van der Waals surface area (Å²) >= 11 is 1.70. The van der Waals surface area contributed by atoms with E-state index in [0.29, 0.717) is 5.92 Å². The van der Waals surface area contributed by atoms with Crippen LogP contribution < -0.4 is 5.32 Å². The molecule has 0 spiro atoms. The van der Waals surface area contributed by atoms with E-state index in [1.165, 1.54) is 24.8 Å². The maximum Gasteiger partial charge on any atom is 0.325 e. The first-order valence-electron chi connectivity index (χ1n) is 6.00. The lowest BCUT2D eigenvalue weighted by molar-refractivity contribution is -0.148. The fourth-order valence-electron chi connectivity index (χ4n) is 2.05.